The quantitative estimate of drug-likeness (QED) is 0.404. The van der Waals surface area contributed by atoms with Crippen molar-refractivity contribution in [2.45, 2.75) is 26.7 Å². The van der Waals surface area contributed by atoms with Crippen molar-refractivity contribution >= 4 is 31.9 Å². The molecule has 0 spiro atoms. The minimum absolute atomic E-state index is 0.395. The van der Waals surface area contributed by atoms with Crippen LogP contribution in [-0.4, -0.2) is 42.7 Å². The summed E-state index contributed by atoms with van der Waals surface area (Å²) in [6.45, 7) is 4.53. The van der Waals surface area contributed by atoms with Gasteiger partial charge in [-0.05, 0) is 67.7 Å². The Morgan fingerprint density at radius 3 is 1.03 bits per heavy atom. The van der Waals surface area contributed by atoms with Crippen molar-refractivity contribution in [3.8, 4) is 45.6 Å². The van der Waals surface area contributed by atoms with Gasteiger partial charge < -0.3 is 28.4 Å². The van der Waals surface area contributed by atoms with Crippen molar-refractivity contribution in [3.05, 3.63) is 20.1 Å². The van der Waals surface area contributed by atoms with Crippen molar-refractivity contribution in [3.63, 3.8) is 0 Å². The summed E-state index contributed by atoms with van der Waals surface area (Å²) in [5.74, 6) is 4.19. The molecule has 0 fully saturated rings. The van der Waals surface area contributed by atoms with Gasteiger partial charge in [0.05, 0.1) is 51.6 Å². The first-order chi connectivity index (χ1) is 15.3. The number of methoxy groups -OCH3 is 6. The van der Waals surface area contributed by atoms with Crippen molar-refractivity contribution in [1.29, 1.82) is 0 Å². The van der Waals surface area contributed by atoms with E-state index in [0.717, 1.165) is 44.0 Å². The average molecular weight is 574 g/mol. The number of fused-ring (bicyclic) bond motifs is 3. The van der Waals surface area contributed by atoms with Crippen LogP contribution in [0.15, 0.2) is 8.95 Å². The molecule has 3 rings (SSSR count). The summed E-state index contributed by atoms with van der Waals surface area (Å²) in [5.41, 5.74) is 3.92. The molecular formula is C24H30Br2O6. The molecule has 0 bridgehead atoms. The average Bonchev–Trinajstić information content (AvgIpc) is 2.79. The minimum atomic E-state index is 0.395. The molecule has 6 nitrogen and oxygen atoms in total. The molecule has 0 radical (unpaired) electrons. The maximum Gasteiger partial charge on any atom is 0.205 e. The van der Waals surface area contributed by atoms with Gasteiger partial charge in [-0.1, -0.05) is 13.8 Å². The van der Waals surface area contributed by atoms with Crippen LogP contribution in [0.1, 0.15) is 25.0 Å². The largest absolute Gasteiger partial charge is 0.492 e. The highest BCUT2D eigenvalue weighted by Gasteiger charge is 2.36. The Bertz CT molecular complexity index is 940. The fraction of sp³-hybridized carbons (Fsp3) is 0.500. The molecule has 0 aromatic heterocycles. The maximum atomic E-state index is 5.95. The monoisotopic (exact) mass is 572 g/mol. The van der Waals surface area contributed by atoms with Crippen LogP contribution in [0.25, 0.3) is 11.1 Å². The normalized spacial score (nSPS) is 17.4. The van der Waals surface area contributed by atoms with Gasteiger partial charge in [-0.15, -0.1) is 0 Å². The summed E-state index contributed by atoms with van der Waals surface area (Å²) in [5, 5.41) is 0. The van der Waals surface area contributed by atoms with Gasteiger partial charge in [0.2, 0.25) is 11.5 Å². The molecule has 0 aliphatic heterocycles. The summed E-state index contributed by atoms with van der Waals surface area (Å²) in [4.78, 5) is 0. The third-order valence-corrected chi connectivity index (χ3v) is 7.99. The number of halogens is 2. The maximum absolute atomic E-state index is 5.95. The highest BCUT2D eigenvalue weighted by atomic mass is 79.9. The van der Waals surface area contributed by atoms with Crippen LogP contribution >= 0.6 is 31.9 Å². The van der Waals surface area contributed by atoms with Gasteiger partial charge in [0.1, 0.15) is 0 Å². The van der Waals surface area contributed by atoms with E-state index >= 15 is 0 Å². The van der Waals surface area contributed by atoms with E-state index in [4.69, 9.17) is 28.4 Å². The van der Waals surface area contributed by atoms with Crippen LogP contribution < -0.4 is 28.4 Å². The molecule has 0 N–H and O–H groups in total. The predicted octanol–water partition coefficient (Wildman–Crippen LogP) is 6.30. The summed E-state index contributed by atoms with van der Waals surface area (Å²) < 4.78 is 36.5. The number of ether oxygens (including phenoxy) is 6. The molecule has 2 atom stereocenters. The van der Waals surface area contributed by atoms with Crippen molar-refractivity contribution in [1.82, 2.24) is 0 Å². The van der Waals surface area contributed by atoms with Crippen LogP contribution in [0, 0.1) is 11.8 Å². The number of hydrogen-bond acceptors (Lipinski definition) is 6. The third kappa shape index (κ3) is 3.79. The topological polar surface area (TPSA) is 55.4 Å². The molecule has 176 valence electrons. The Morgan fingerprint density at radius 1 is 0.500 bits per heavy atom. The summed E-state index contributed by atoms with van der Waals surface area (Å²) >= 11 is 7.60. The lowest BCUT2D eigenvalue weighted by Gasteiger charge is -2.32. The Morgan fingerprint density at radius 2 is 0.781 bits per heavy atom. The van der Waals surface area contributed by atoms with Gasteiger partial charge in [-0.2, -0.15) is 0 Å². The van der Waals surface area contributed by atoms with Gasteiger partial charge >= 0.3 is 0 Å². The molecule has 8 heteroatoms. The van der Waals surface area contributed by atoms with Crippen molar-refractivity contribution < 1.29 is 28.4 Å². The van der Waals surface area contributed by atoms with Gasteiger partial charge in [-0.3, -0.25) is 0 Å². The molecule has 2 aromatic carbocycles. The fourth-order valence-electron chi connectivity index (χ4n) is 4.48. The van der Waals surface area contributed by atoms with E-state index in [-0.39, 0.29) is 0 Å². The lowest BCUT2D eigenvalue weighted by atomic mass is 9.77. The number of hydrogen-bond donors (Lipinski definition) is 0. The van der Waals surface area contributed by atoms with Gasteiger partial charge in [0.25, 0.3) is 0 Å². The Kier molecular flexibility index (Phi) is 7.76. The first-order valence-corrected chi connectivity index (χ1v) is 11.9. The molecule has 0 heterocycles. The predicted molar refractivity (Wildman–Crippen MR) is 132 cm³/mol. The van der Waals surface area contributed by atoms with Crippen molar-refractivity contribution in [2.24, 2.45) is 11.8 Å². The van der Waals surface area contributed by atoms with Crippen LogP contribution in [-0.2, 0) is 12.8 Å². The van der Waals surface area contributed by atoms with Crippen LogP contribution in [0.5, 0.6) is 34.5 Å². The molecule has 0 unspecified atom stereocenters. The third-order valence-electron chi connectivity index (χ3n) is 6.31. The van der Waals surface area contributed by atoms with E-state index < -0.39 is 0 Å². The van der Waals surface area contributed by atoms with E-state index in [9.17, 15) is 0 Å². The second kappa shape index (κ2) is 10.00. The summed E-state index contributed by atoms with van der Waals surface area (Å²) in [6, 6.07) is 0. The number of benzene rings is 2. The highest BCUT2D eigenvalue weighted by molar-refractivity contribution is 9.11. The second-order valence-electron chi connectivity index (χ2n) is 7.90. The molecule has 2 aromatic rings. The SMILES string of the molecule is COc1c(Br)c2c(c(OC)c1OC)-c1c(c(Br)c(OC)c(OC)c1OC)C[C@H](C)[C@H](C)C2. The second-order valence-corrected chi connectivity index (χ2v) is 9.48. The van der Waals surface area contributed by atoms with Gasteiger partial charge in [0, 0.05) is 11.1 Å². The van der Waals surface area contributed by atoms with Crippen molar-refractivity contribution in [2.75, 3.05) is 42.7 Å². The Balaban J connectivity index is 2.63. The minimum Gasteiger partial charge on any atom is -0.492 e. The summed E-state index contributed by atoms with van der Waals surface area (Å²) in [7, 11) is 9.74. The Hall–Kier alpha value is -1.80. The van der Waals surface area contributed by atoms with E-state index in [1.807, 2.05) is 0 Å². The van der Waals surface area contributed by atoms with Crippen LogP contribution in [0.2, 0.25) is 0 Å². The molecule has 0 saturated heterocycles. The van der Waals surface area contributed by atoms with Gasteiger partial charge in [-0.25, -0.2) is 0 Å². The van der Waals surface area contributed by atoms with E-state index in [0.29, 0.717) is 46.3 Å². The zero-order valence-corrected chi connectivity index (χ0v) is 22.9. The van der Waals surface area contributed by atoms with Crippen LogP contribution in [0.3, 0.4) is 0 Å². The van der Waals surface area contributed by atoms with E-state index in [1.165, 1.54) is 0 Å². The molecule has 1 aliphatic carbocycles. The zero-order valence-electron chi connectivity index (χ0n) is 19.8. The van der Waals surface area contributed by atoms with Gasteiger partial charge in [0.15, 0.2) is 23.0 Å². The molecule has 1 aliphatic rings. The first-order valence-electron chi connectivity index (χ1n) is 10.3. The van der Waals surface area contributed by atoms with E-state index in [2.05, 4.69) is 45.7 Å². The zero-order chi connectivity index (χ0) is 23.7. The first kappa shape index (κ1) is 24.8. The lowest BCUT2D eigenvalue weighted by molar-refractivity contribution is 0.316. The highest BCUT2D eigenvalue weighted by Crippen LogP contribution is 2.60. The Labute approximate surface area is 206 Å². The lowest BCUT2D eigenvalue weighted by Crippen LogP contribution is -2.19. The standard InChI is InChI=1S/C24H30Br2O6/c1-11-9-13-15(19(27-3)23(31-7)21(29-5)17(13)25)16-14(10-12(11)2)18(26)22(30-6)24(32-8)20(16)28-4/h11-12H,9-10H2,1-8H3/t11-,12+. The number of rotatable bonds is 6. The summed E-state index contributed by atoms with van der Waals surface area (Å²) in [6.07, 6.45) is 1.64. The molecular weight excluding hydrogens is 544 g/mol. The van der Waals surface area contributed by atoms with E-state index in [1.54, 1.807) is 42.7 Å². The van der Waals surface area contributed by atoms with Crippen LogP contribution in [0.4, 0.5) is 0 Å². The molecule has 0 amide bonds. The molecule has 32 heavy (non-hydrogen) atoms. The smallest absolute Gasteiger partial charge is 0.205 e. The molecule has 0 saturated carbocycles. The fourth-order valence-corrected chi connectivity index (χ4v) is 5.89.